The van der Waals surface area contributed by atoms with Gasteiger partial charge in [-0.1, -0.05) is 69.3 Å². The zero-order chi connectivity index (χ0) is 21.7. The van der Waals surface area contributed by atoms with E-state index in [-0.39, 0.29) is 17.1 Å². The van der Waals surface area contributed by atoms with Gasteiger partial charge in [0.15, 0.2) is 0 Å². The maximum absolute atomic E-state index is 12.7. The second-order valence-electron chi connectivity index (χ2n) is 8.49. The summed E-state index contributed by atoms with van der Waals surface area (Å²) in [4.78, 5) is 24.8. The van der Waals surface area contributed by atoms with Crippen LogP contribution in [0.25, 0.3) is 11.1 Å². The molecule has 3 aromatic carbocycles. The zero-order valence-corrected chi connectivity index (χ0v) is 17.7. The number of aryl methyl sites for hydroxylation is 1. The lowest BCUT2D eigenvalue weighted by molar-refractivity contribution is -0.126. The fourth-order valence-electron chi connectivity index (χ4n) is 3.12. The normalized spacial score (nSPS) is 11.2. The molecule has 0 aliphatic carbocycles. The number of rotatable bonds is 6. The highest BCUT2D eigenvalue weighted by Crippen LogP contribution is 2.27. The summed E-state index contributed by atoms with van der Waals surface area (Å²) >= 11 is 0. The zero-order valence-electron chi connectivity index (χ0n) is 17.7. The summed E-state index contributed by atoms with van der Waals surface area (Å²) in [7, 11) is 0. The average Bonchev–Trinajstić information content (AvgIpc) is 2.73. The molecule has 4 heteroatoms. The van der Waals surface area contributed by atoms with Crippen LogP contribution in [0, 0.1) is 5.41 Å². The van der Waals surface area contributed by atoms with E-state index >= 15 is 0 Å². The number of hydrogen-bond acceptors (Lipinski definition) is 3. The SMILES string of the molecule is CC(C)(C)C(=O)CCc1ccc(C(=O)Nc2cc(-c3ccccc3)ccc2N)cc1. The van der Waals surface area contributed by atoms with Gasteiger partial charge in [-0.25, -0.2) is 0 Å². The van der Waals surface area contributed by atoms with Gasteiger partial charge in [-0.15, -0.1) is 0 Å². The summed E-state index contributed by atoms with van der Waals surface area (Å²) in [5, 5.41) is 2.91. The van der Waals surface area contributed by atoms with Crippen molar-refractivity contribution in [1.29, 1.82) is 0 Å². The first kappa shape index (κ1) is 21.3. The molecular weight excluding hydrogens is 372 g/mol. The van der Waals surface area contributed by atoms with E-state index in [4.69, 9.17) is 5.73 Å². The van der Waals surface area contributed by atoms with Crippen LogP contribution in [-0.2, 0) is 11.2 Å². The molecule has 0 unspecified atom stereocenters. The van der Waals surface area contributed by atoms with Gasteiger partial charge in [-0.3, -0.25) is 9.59 Å². The Morgan fingerprint density at radius 3 is 2.17 bits per heavy atom. The van der Waals surface area contributed by atoms with Gasteiger partial charge in [-0.05, 0) is 47.4 Å². The summed E-state index contributed by atoms with van der Waals surface area (Å²) in [6.07, 6.45) is 1.17. The van der Waals surface area contributed by atoms with Crippen LogP contribution in [0.2, 0.25) is 0 Å². The number of carbonyl (C=O) groups excluding carboxylic acids is 2. The van der Waals surface area contributed by atoms with Gasteiger partial charge in [0, 0.05) is 17.4 Å². The van der Waals surface area contributed by atoms with Crippen LogP contribution in [0.5, 0.6) is 0 Å². The number of anilines is 2. The van der Waals surface area contributed by atoms with Crippen LogP contribution >= 0.6 is 0 Å². The summed E-state index contributed by atoms with van der Waals surface area (Å²) in [5.41, 5.74) is 10.5. The highest BCUT2D eigenvalue weighted by Gasteiger charge is 2.20. The number of nitrogen functional groups attached to an aromatic ring is 1. The number of carbonyl (C=O) groups is 2. The van der Waals surface area contributed by atoms with Gasteiger partial charge in [0.25, 0.3) is 5.91 Å². The van der Waals surface area contributed by atoms with E-state index in [9.17, 15) is 9.59 Å². The van der Waals surface area contributed by atoms with Gasteiger partial charge in [0.05, 0.1) is 11.4 Å². The lowest BCUT2D eigenvalue weighted by Gasteiger charge is -2.16. The van der Waals surface area contributed by atoms with Crippen molar-refractivity contribution in [2.24, 2.45) is 5.41 Å². The van der Waals surface area contributed by atoms with Crippen molar-refractivity contribution in [2.45, 2.75) is 33.6 Å². The van der Waals surface area contributed by atoms with Crippen LogP contribution in [-0.4, -0.2) is 11.7 Å². The topological polar surface area (TPSA) is 72.2 Å². The van der Waals surface area contributed by atoms with Crippen LogP contribution in [0.1, 0.15) is 43.1 Å². The van der Waals surface area contributed by atoms with E-state index in [2.05, 4.69) is 5.32 Å². The number of hydrogen-bond donors (Lipinski definition) is 2. The van der Waals surface area contributed by atoms with Gasteiger partial charge in [0.1, 0.15) is 5.78 Å². The molecule has 0 aliphatic rings. The second kappa shape index (κ2) is 8.95. The number of ketones is 1. The first-order valence-electron chi connectivity index (χ1n) is 10.1. The third-order valence-corrected chi connectivity index (χ3v) is 5.10. The molecule has 3 rings (SSSR count). The van der Waals surface area contributed by atoms with E-state index < -0.39 is 0 Å². The Bertz CT molecular complexity index is 1030. The Morgan fingerprint density at radius 2 is 1.53 bits per heavy atom. The van der Waals surface area contributed by atoms with Crippen molar-refractivity contribution >= 4 is 23.1 Å². The van der Waals surface area contributed by atoms with E-state index in [1.165, 1.54) is 0 Å². The molecule has 0 radical (unpaired) electrons. The molecule has 0 saturated heterocycles. The predicted molar refractivity (Wildman–Crippen MR) is 123 cm³/mol. The Balaban J connectivity index is 1.68. The van der Waals surface area contributed by atoms with E-state index in [0.717, 1.165) is 16.7 Å². The highest BCUT2D eigenvalue weighted by molar-refractivity contribution is 6.06. The minimum atomic E-state index is -0.325. The minimum absolute atomic E-state index is 0.218. The molecule has 1 amide bonds. The molecule has 3 aromatic rings. The van der Waals surface area contributed by atoms with Crippen molar-refractivity contribution in [3.05, 3.63) is 83.9 Å². The fraction of sp³-hybridized carbons (Fsp3) is 0.231. The summed E-state index contributed by atoms with van der Waals surface area (Å²) in [6, 6.07) is 22.9. The van der Waals surface area contributed by atoms with Crippen molar-refractivity contribution in [3.63, 3.8) is 0 Å². The summed E-state index contributed by atoms with van der Waals surface area (Å²) < 4.78 is 0. The lowest BCUT2D eigenvalue weighted by atomic mass is 9.87. The molecule has 0 bridgehead atoms. The van der Waals surface area contributed by atoms with Crippen molar-refractivity contribution in [1.82, 2.24) is 0 Å². The van der Waals surface area contributed by atoms with Gasteiger partial charge >= 0.3 is 0 Å². The third kappa shape index (κ3) is 5.35. The van der Waals surface area contributed by atoms with Gasteiger partial charge < -0.3 is 11.1 Å². The number of amides is 1. The van der Waals surface area contributed by atoms with Crippen molar-refractivity contribution in [3.8, 4) is 11.1 Å². The Kier molecular flexibility index (Phi) is 6.36. The molecule has 3 N–H and O–H groups in total. The molecule has 30 heavy (non-hydrogen) atoms. The maximum Gasteiger partial charge on any atom is 0.255 e. The highest BCUT2D eigenvalue weighted by atomic mass is 16.1. The molecule has 0 atom stereocenters. The first-order chi connectivity index (χ1) is 14.2. The second-order valence-corrected chi connectivity index (χ2v) is 8.49. The van der Waals surface area contributed by atoms with Gasteiger partial charge in [0.2, 0.25) is 0 Å². The van der Waals surface area contributed by atoms with Crippen LogP contribution < -0.4 is 11.1 Å². The number of Topliss-reactive ketones (excluding diaryl/α,β-unsaturated/α-hetero) is 1. The van der Waals surface area contributed by atoms with Gasteiger partial charge in [-0.2, -0.15) is 0 Å². The molecule has 154 valence electrons. The van der Waals surface area contributed by atoms with Crippen molar-refractivity contribution < 1.29 is 9.59 Å². The Labute approximate surface area is 178 Å². The molecule has 0 spiro atoms. The molecule has 0 fully saturated rings. The predicted octanol–water partition coefficient (Wildman–Crippen LogP) is 5.74. The summed E-state index contributed by atoms with van der Waals surface area (Å²) in [5.74, 6) is 0.0160. The molecule has 0 heterocycles. The average molecular weight is 401 g/mol. The Hall–Kier alpha value is -3.40. The Morgan fingerprint density at radius 1 is 0.867 bits per heavy atom. The van der Waals surface area contributed by atoms with Crippen LogP contribution in [0.15, 0.2) is 72.8 Å². The summed E-state index contributed by atoms with van der Waals surface area (Å²) in [6.45, 7) is 5.80. The standard InChI is InChI=1S/C26H28N2O2/c1-26(2,3)24(29)16-11-18-9-12-20(13-10-18)25(30)28-23-17-21(14-15-22(23)27)19-7-5-4-6-8-19/h4-10,12-15,17H,11,16,27H2,1-3H3,(H,28,30). The third-order valence-electron chi connectivity index (χ3n) is 5.10. The maximum atomic E-state index is 12.7. The minimum Gasteiger partial charge on any atom is -0.397 e. The van der Waals surface area contributed by atoms with E-state index in [0.29, 0.717) is 29.8 Å². The quantitative estimate of drug-likeness (QED) is 0.519. The van der Waals surface area contributed by atoms with Crippen LogP contribution in [0.4, 0.5) is 11.4 Å². The molecule has 0 aliphatic heterocycles. The lowest BCUT2D eigenvalue weighted by Crippen LogP contribution is -2.20. The number of nitrogens with two attached hydrogens (primary N) is 1. The molecule has 0 saturated carbocycles. The fourth-order valence-corrected chi connectivity index (χ4v) is 3.12. The number of nitrogens with one attached hydrogen (secondary N) is 1. The smallest absolute Gasteiger partial charge is 0.255 e. The molecule has 0 aromatic heterocycles. The van der Waals surface area contributed by atoms with Crippen molar-refractivity contribution in [2.75, 3.05) is 11.1 Å². The largest absolute Gasteiger partial charge is 0.397 e. The van der Waals surface area contributed by atoms with E-state index in [1.807, 2.05) is 75.4 Å². The van der Waals surface area contributed by atoms with Crippen LogP contribution in [0.3, 0.4) is 0 Å². The monoisotopic (exact) mass is 400 g/mol. The first-order valence-corrected chi connectivity index (χ1v) is 10.1. The molecular formula is C26H28N2O2. The number of benzene rings is 3. The van der Waals surface area contributed by atoms with E-state index in [1.54, 1.807) is 18.2 Å². The molecule has 4 nitrogen and oxygen atoms in total.